The van der Waals surface area contributed by atoms with Gasteiger partial charge in [-0.25, -0.2) is 0 Å². The summed E-state index contributed by atoms with van der Waals surface area (Å²) in [4.78, 5) is 2.24. The third-order valence-electron chi connectivity index (χ3n) is 3.52. The monoisotopic (exact) mass is 264 g/mol. The van der Waals surface area contributed by atoms with Gasteiger partial charge in [-0.15, -0.1) is 0 Å². The average Bonchev–Trinajstić information content (AvgIpc) is 2.49. The minimum absolute atomic E-state index is 0.0648. The summed E-state index contributed by atoms with van der Waals surface area (Å²) in [7, 11) is 0. The molecule has 0 aliphatic carbocycles. The van der Waals surface area contributed by atoms with Crippen molar-refractivity contribution in [2.75, 3.05) is 31.1 Å². The molecule has 1 aliphatic heterocycles. The molecule has 1 fully saturated rings. The summed E-state index contributed by atoms with van der Waals surface area (Å²) in [6, 6.07) is 8.04. The van der Waals surface area contributed by atoms with Gasteiger partial charge >= 0.3 is 0 Å². The first-order valence-corrected chi connectivity index (χ1v) is 6.93. The van der Waals surface area contributed by atoms with E-state index in [4.69, 9.17) is 4.74 Å². The van der Waals surface area contributed by atoms with Crippen molar-refractivity contribution in [3.05, 3.63) is 24.3 Å². The van der Waals surface area contributed by atoms with Gasteiger partial charge < -0.3 is 20.1 Å². The maximum Gasteiger partial charge on any atom is 0.142 e. The molecule has 1 aromatic carbocycles. The zero-order chi connectivity index (χ0) is 13.9. The zero-order valence-corrected chi connectivity index (χ0v) is 12.0. The number of benzene rings is 1. The molecule has 1 aromatic rings. The SMILES string of the molecule is CCOc1ccccc1N1CC(O)CNCC1(C)C. The van der Waals surface area contributed by atoms with Crippen molar-refractivity contribution in [3.8, 4) is 5.75 Å². The number of ether oxygens (including phenoxy) is 1. The minimum atomic E-state index is -0.364. The van der Waals surface area contributed by atoms with Crippen molar-refractivity contribution in [2.24, 2.45) is 0 Å². The Morgan fingerprint density at radius 2 is 2.16 bits per heavy atom. The zero-order valence-electron chi connectivity index (χ0n) is 12.0. The molecular weight excluding hydrogens is 240 g/mol. The highest BCUT2D eigenvalue weighted by molar-refractivity contribution is 5.60. The molecule has 1 unspecified atom stereocenters. The van der Waals surface area contributed by atoms with Crippen molar-refractivity contribution < 1.29 is 9.84 Å². The first-order chi connectivity index (χ1) is 9.04. The molecule has 1 saturated heterocycles. The van der Waals surface area contributed by atoms with Crippen molar-refractivity contribution in [1.29, 1.82) is 0 Å². The standard InChI is InChI=1S/C15H24N2O2/c1-4-19-14-8-6-5-7-13(14)17-10-12(18)9-16-11-15(17,2)3/h5-8,12,16,18H,4,9-11H2,1-3H3. The maximum absolute atomic E-state index is 10.0. The summed E-state index contributed by atoms with van der Waals surface area (Å²) >= 11 is 0. The van der Waals surface area contributed by atoms with Crippen molar-refractivity contribution in [2.45, 2.75) is 32.4 Å². The van der Waals surface area contributed by atoms with Crippen LogP contribution in [-0.2, 0) is 0 Å². The summed E-state index contributed by atoms with van der Waals surface area (Å²) in [5, 5.41) is 13.3. The number of para-hydroxylation sites is 2. The normalized spacial score (nSPS) is 22.9. The van der Waals surface area contributed by atoms with E-state index in [9.17, 15) is 5.11 Å². The maximum atomic E-state index is 10.0. The quantitative estimate of drug-likeness (QED) is 0.871. The number of nitrogens with one attached hydrogen (secondary N) is 1. The third kappa shape index (κ3) is 3.19. The highest BCUT2D eigenvalue weighted by atomic mass is 16.5. The van der Waals surface area contributed by atoms with Crippen molar-refractivity contribution in [3.63, 3.8) is 0 Å². The summed E-state index contributed by atoms with van der Waals surface area (Å²) in [6.45, 7) is 9.08. The van der Waals surface area contributed by atoms with E-state index in [1.165, 1.54) is 0 Å². The molecule has 0 saturated carbocycles. The van der Waals surface area contributed by atoms with Gasteiger partial charge in [0.1, 0.15) is 5.75 Å². The Bertz CT molecular complexity index is 420. The Balaban J connectivity index is 2.36. The summed E-state index contributed by atoms with van der Waals surface area (Å²) in [5.41, 5.74) is 0.988. The Kier molecular flexibility index (Phi) is 4.32. The van der Waals surface area contributed by atoms with Crippen LogP contribution in [0.4, 0.5) is 5.69 Å². The number of hydrogen-bond acceptors (Lipinski definition) is 4. The van der Waals surface area contributed by atoms with Crippen LogP contribution in [0, 0.1) is 0 Å². The number of β-amino-alcohol motifs (C(OH)–C–C–N with tert-alkyl or cyclic N) is 1. The van der Waals surface area contributed by atoms with Crippen molar-refractivity contribution in [1.82, 2.24) is 5.32 Å². The summed E-state index contributed by atoms with van der Waals surface area (Å²) in [6.07, 6.45) is -0.364. The molecule has 4 nitrogen and oxygen atoms in total. The van der Waals surface area contributed by atoms with E-state index in [1.807, 2.05) is 25.1 Å². The lowest BCUT2D eigenvalue weighted by molar-refractivity contribution is 0.183. The minimum Gasteiger partial charge on any atom is -0.492 e. The molecule has 19 heavy (non-hydrogen) atoms. The Morgan fingerprint density at radius 1 is 1.42 bits per heavy atom. The van der Waals surface area contributed by atoms with Gasteiger partial charge in [-0.05, 0) is 32.9 Å². The average molecular weight is 264 g/mol. The Hall–Kier alpha value is -1.26. The number of aliphatic hydroxyl groups excluding tert-OH is 1. The molecule has 4 heteroatoms. The fourth-order valence-corrected chi connectivity index (χ4v) is 2.54. The number of anilines is 1. The molecule has 1 aliphatic rings. The fourth-order valence-electron chi connectivity index (χ4n) is 2.54. The second-order valence-electron chi connectivity index (χ2n) is 5.61. The molecule has 0 bridgehead atoms. The lowest BCUT2D eigenvalue weighted by Gasteiger charge is -2.40. The second-order valence-corrected chi connectivity index (χ2v) is 5.61. The molecule has 2 N–H and O–H groups in total. The van der Waals surface area contributed by atoms with E-state index < -0.39 is 0 Å². The highest BCUT2D eigenvalue weighted by Gasteiger charge is 2.32. The van der Waals surface area contributed by atoms with Gasteiger partial charge in [0.15, 0.2) is 0 Å². The van der Waals surface area contributed by atoms with Gasteiger partial charge in [0.25, 0.3) is 0 Å². The number of nitrogens with zero attached hydrogens (tertiary/aromatic N) is 1. The number of hydrogen-bond donors (Lipinski definition) is 2. The van der Waals surface area contributed by atoms with Crippen LogP contribution in [0.3, 0.4) is 0 Å². The van der Waals surface area contributed by atoms with E-state index in [2.05, 4.69) is 30.1 Å². The van der Waals surface area contributed by atoms with E-state index in [0.717, 1.165) is 18.0 Å². The second kappa shape index (κ2) is 5.80. The van der Waals surface area contributed by atoms with Crippen LogP contribution in [0.25, 0.3) is 0 Å². The van der Waals surface area contributed by atoms with Gasteiger partial charge in [-0.3, -0.25) is 0 Å². The van der Waals surface area contributed by atoms with Crippen LogP contribution < -0.4 is 15.0 Å². The van der Waals surface area contributed by atoms with E-state index in [-0.39, 0.29) is 11.6 Å². The van der Waals surface area contributed by atoms with Crippen LogP contribution in [-0.4, -0.2) is 43.0 Å². The van der Waals surface area contributed by atoms with Crippen LogP contribution >= 0.6 is 0 Å². The molecule has 2 rings (SSSR count). The van der Waals surface area contributed by atoms with Gasteiger partial charge in [0, 0.05) is 25.2 Å². The molecule has 1 atom stereocenters. The molecule has 0 amide bonds. The molecule has 1 heterocycles. The molecule has 0 radical (unpaired) electrons. The fraction of sp³-hybridized carbons (Fsp3) is 0.600. The van der Waals surface area contributed by atoms with E-state index in [1.54, 1.807) is 0 Å². The lowest BCUT2D eigenvalue weighted by atomic mass is 10.0. The molecular formula is C15H24N2O2. The molecule has 106 valence electrons. The largest absolute Gasteiger partial charge is 0.492 e. The van der Waals surface area contributed by atoms with E-state index in [0.29, 0.717) is 19.7 Å². The third-order valence-corrected chi connectivity index (χ3v) is 3.52. The van der Waals surface area contributed by atoms with Crippen LogP contribution in [0.1, 0.15) is 20.8 Å². The summed E-state index contributed by atoms with van der Waals surface area (Å²) in [5.74, 6) is 0.882. The smallest absolute Gasteiger partial charge is 0.142 e. The Morgan fingerprint density at radius 3 is 2.89 bits per heavy atom. The number of rotatable bonds is 3. The number of aliphatic hydroxyl groups is 1. The first kappa shape index (κ1) is 14.2. The van der Waals surface area contributed by atoms with Crippen LogP contribution in [0.5, 0.6) is 5.75 Å². The topological polar surface area (TPSA) is 44.7 Å². The first-order valence-electron chi connectivity index (χ1n) is 6.93. The predicted molar refractivity (Wildman–Crippen MR) is 77.9 cm³/mol. The predicted octanol–water partition coefficient (Wildman–Crippen LogP) is 1.63. The van der Waals surface area contributed by atoms with Gasteiger partial charge in [0.05, 0.1) is 18.4 Å². The molecule has 0 spiro atoms. The summed E-state index contributed by atoms with van der Waals surface area (Å²) < 4.78 is 5.72. The van der Waals surface area contributed by atoms with Gasteiger partial charge in [-0.2, -0.15) is 0 Å². The van der Waals surface area contributed by atoms with Gasteiger partial charge in [0.2, 0.25) is 0 Å². The highest BCUT2D eigenvalue weighted by Crippen LogP contribution is 2.33. The van der Waals surface area contributed by atoms with Crippen molar-refractivity contribution >= 4 is 5.69 Å². The Labute approximate surface area is 115 Å². The molecule has 0 aromatic heterocycles. The van der Waals surface area contributed by atoms with Crippen LogP contribution in [0.2, 0.25) is 0 Å². The van der Waals surface area contributed by atoms with Crippen LogP contribution in [0.15, 0.2) is 24.3 Å². The van der Waals surface area contributed by atoms with E-state index >= 15 is 0 Å². The lowest BCUT2D eigenvalue weighted by Crippen LogP contribution is -2.49. The van der Waals surface area contributed by atoms with Gasteiger partial charge in [-0.1, -0.05) is 12.1 Å².